The Hall–Kier alpha value is -2.98. The van der Waals surface area contributed by atoms with Crippen LogP contribution in [0.3, 0.4) is 0 Å². The molecular weight excluding hydrogens is 385 g/mol. The number of aromatic nitrogens is 3. The van der Waals surface area contributed by atoms with Crippen molar-refractivity contribution in [2.45, 2.75) is 6.18 Å². The normalized spacial score (nSPS) is 16.9. The summed E-state index contributed by atoms with van der Waals surface area (Å²) in [4.78, 5) is 14.4. The van der Waals surface area contributed by atoms with Crippen molar-refractivity contribution in [3.8, 4) is 11.1 Å². The predicted octanol–water partition coefficient (Wildman–Crippen LogP) is 3.06. The third kappa shape index (κ3) is 3.81. The van der Waals surface area contributed by atoms with Crippen LogP contribution in [0.2, 0.25) is 0 Å². The number of nitrogen functional groups attached to an aromatic ring is 1. The highest BCUT2D eigenvalue weighted by atomic mass is 19.4. The Bertz CT molecular complexity index is 1060. The first-order valence-electron chi connectivity index (χ1n) is 9.04. The van der Waals surface area contributed by atoms with Crippen molar-refractivity contribution in [1.29, 1.82) is 0 Å². The van der Waals surface area contributed by atoms with Crippen LogP contribution in [0.5, 0.6) is 0 Å². The molecule has 0 spiro atoms. The number of pyridine rings is 1. The molecule has 152 valence electrons. The zero-order valence-electron chi connectivity index (χ0n) is 15.6. The van der Waals surface area contributed by atoms with Crippen LogP contribution in [0, 0.1) is 5.21 Å². The number of fused-ring (bicyclic) bond motifs is 1. The van der Waals surface area contributed by atoms with Gasteiger partial charge in [-0.3, -0.25) is 0 Å². The number of nitrogens with zero attached hydrogens (tertiary/aromatic N) is 5. The third-order valence-electron chi connectivity index (χ3n) is 5.08. The molecule has 0 unspecified atom stereocenters. The van der Waals surface area contributed by atoms with Gasteiger partial charge >= 0.3 is 6.18 Å². The molecule has 0 saturated carbocycles. The van der Waals surface area contributed by atoms with Crippen molar-refractivity contribution in [2.24, 2.45) is 0 Å². The number of hydrogen-bond donors (Lipinski definition) is 1. The fourth-order valence-electron chi connectivity index (χ4n) is 3.47. The summed E-state index contributed by atoms with van der Waals surface area (Å²) in [7, 11) is 1.58. The fourth-order valence-corrected chi connectivity index (χ4v) is 3.47. The van der Waals surface area contributed by atoms with Gasteiger partial charge in [-0.05, 0) is 17.7 Å². The standard InChI is InChI=1S/C19H19F3N6O/c1-28(29)8-6-27(7-9-28)17-14(10-12-11-24-18(23)26-16(12)25-17)13-4-2-3-5-15(13)19(20,21)22/h2-5,10-11H,6-9H2,1H3,(H2,23,24,25,26). The molecule has 0 bridgehead atoms. The van der Waals surface area contributed by atoms with E-state index in [0.717, 1.165) is 6.07 Å². The maximum atomic E-state index is 13.7. The second kappa shape index (κ2) is 6.82. The summed E-state index contributed by atoms with van der Waals surface area (Å²) in [5, 5.41) is 12.7. The van der Waals surface area contributed by atoms with E-state index in [1.165, 1.54) is 18.3 Å². The zero-order chi connectivity index (χ0) is 20.8. The SMILES string of the molecule is C[N+]1([O-])CCN(c2nc3nc(N)ncc3cc2-c2ccccc2C(F)(F)F)CC1. The predicted molar refractivity (Wildman–Crippen MR) is 104 cm³/mol. The van der Waals surface area contributed by atoms with Gasteiger partial charge in [-0.2, -0.15) is 18.2 Å². The first kappa shape index (κ1) is 19.3. The molecule has 1 saturated heterocycles. The minimum absolute atomic E-state index is 0.0196. The second-order valence-electron chi connectivity index (χ2n) is 7.28. The van der Waals surface area contributed by atoms with E-state index >= 15 is 0 Å². The minimum atomic E-state index is -4.52. The van der Waals surface area contributed by atoms with E-state index in [1.807, 2.05) is 4.90 Å². The van der Waals surface area contributed by atoms with Crippen LogP contribution in [0.1, 0.15) is 5.56 Å². The maximum absolute atomic E-state index is 13.7. The summed E-state index contributed by atoms with van der Waals surface area (Å²) >= 11 is 0. The van der Waals surface area contributed by atoms with Gasteiger partial charge in [0.05, 0.1) is 38.8 Å². The average molecular weight is 404 g/mol. The molecule has 10 heteroatoms. The third-order valence-corrected chi connectivity index (χ3v) is 5.08. The number of hydrogen-bond acceptors (Lipinski definition) is 6. The van der Waals surface area contributed by atoms with E-state index in [-0.39, 0.29) is 11.5 Å². The number of piperazine rings is 1. The minimum Gasteiger partial charge on any atom is -0.633 e. The molecule has 0 radical (unpaired) electrons. The highest BCUT2D eigenvalue weighted by Crippen LogP contribution is 2.41. The smallest absolute Gasteiger partial charge is 0.417 e. The molecule has 2 aromatic heterocycles. The van der Waals surface area contributed by atoms with Crippen molar-refractivity contribution in [2.75, 3.05) is 43.9 Å². The summed E-state index contributed by atoms with van der Waals surface area (Å²) < 4.78 is 40.6. The topological polar surface area (TPSA) is 91.0 Å². The molecule has 2 N–H and O–H groups in total. The van der Waals surface area contributed by atoms with Crippen LogP contribution in [0.15, 0.2) is 36.5 Å². The van der Waals surface area contributed by atoms with Crippen LogP contribution < -0.4 is 10.6 Å². The highest BCUT2D eigenvalue weighted by Gasteiger charge is 2.35. The Labute approximate surface area is 164 Å². The van der Waals surface area contributed by atoms with Crippen LogP contribution in [-0.2, 0) is 6.18 Å². The van der Waals surface area contributed by atoms with E-state index < -0.39 is 16.4 Å². The lowest BCUT2D eigenvalue weighted by atomic mass is 9.98. The molecule has 4 rings (SSSR count). The Balaban J connectivity index is 1.92. The van der Waals surface area contributed by atoms with Crippen LogP contribution in [0.25, 0.3) is 22.2 Å². The van der Waals surface area contributed by atoms with Crippen LogP contribution >= 0.6 is 0 Å². The number of likely N-dealkylation sites (N-methyl/N-ethyl adjacent to an activating group) is 1. The summed E-state index contributed by atoms with van der Waals surface area (Å²) in [5.41, 5.74) is 5.54. The van der Waals surface area contributed by atoms with Gasteiger partial charge in [0.15, 0.2) is 5.65 Å². The van der Waals surface area contributed by atoms with Crippen molar-refractivity contribution in [1.82, 2.24) is 15.0 Å². The molecule has 3 aromatic rings. The summed E-state index contributed by atoms with van der Waals surface area (Å²) in [6.45, 7) is 1.37. The number of benzene rings is 1. The Morgan fingerprint density at radius 1 is 1.10 bits per heavy atom. The van der Waals surface area contributed by atoms with Gasteiger partial charge in [-0.1, -0.05) is 18.2 Å². The van der Waals surface area contributed by atoms with Crippen LogP contribution in [0.4, 0.5) is 24.9 Å². The van der Waals surface area contributed by atoms with Gasteiger partial charge < -0.3 is 20.5 Å². The Kier molecular flexibility index (Phi) is 4.55. The number of nitrogens with two attached hydrogens (primary N) is 1. The number of anilines is 2. The molecule has 1 aromatic carbocycles. The molecule has 7 nitrogen and oxygen atoms in total. The lowest BCUT2D eigenvalue weighted by molar-refractivity contribution is -0.861. The Morgan fingerprint density at radius 3 is 2.48 bits per heavy atom. The lowest BCUT2D eigenvalue weighted by Gasteiger charge is -2.45. The van der Waals surface area contributed by atoms with E-state index in [4.69, 9.17) is 5.73 Å². The molecule has 29 heavy (non-hydrogen) atoms. The largest absolute Gasteiger partial charge is 0.633 e. The zero-order valence-corrected chi connectivity index (χ0v) is 15.6. The van der Waals surface area contributed by atoms with Crippen molar-refractivity contribution in [3.05, 3.63) is 47.3 Å². The van der Waals surface area contributed by atoms with E-state index in [1.54, 1.807) is 19.2 Å². The molecule has 1 fully saturated rings. The molecule has 0 atom stereocenters. The fraction of sp³-hybridized carbons (Fsp3) is 0.316. The van der Waals surface area contributed by atoms with Crippen molar-refractivity contribution >= 4 is 22.8 Å². The van der Waals surface area contributed by atoms with Gasteiger partial charge in [0, 0.05) is 17.1 Å². The van der Waals surface area contributed by atoms with Gasteiger partial charge in [0.2, 0.25) is 5.95 Å². The molecule has 0 amide bonds. The van der Waals surface area contributed by atoms with E-state index in [9.17, 15) is 18.4 Å². The number of rotatable bonds is 2. The van der Waals surface area contributed by atoms with Gasteiger partial charge in [-0.25, -0.2) is 9.97 Å². The number of hydroxylamine groups is 3. The quantitative estimate of drug-likeness (QED) is 0.522. The van der Waals surface area contributed by atoms with Crippen LogP contribution in [-0.4, -0.2) is 52.8 Å². The van der Waals surface area contributed by atoms with Crippen molar-refractivity contribution < 1.29 is 17.8 Å². The highest BCUT2D eigenvalue weighted by molar-refractivity contribution is 5.89. The maximum Gasteiger partial charge on any atom is 0.417 e. The number of halogens is 3. The monoisotopic (exact) mass is 404 g/mol. The summed E-state index contributed by atoms with van der Waals surface area (Å²) in [5.74, 6) is 0.383. The number of quaternary nitrogens is 1. The molecule has 0 aliphatic carbocycles. The molecule has 1 aliphatic heterocycles. The Morgan fingerprint density at radius 2 is 1.79 bits per heavy atom. The molecule has 3 heterocycles. The first-order valence-corrected chi connectivity index (χ1v) is 9.04. The number of alkyl halides is 3. The second-order valence-corrected chi connectivity index (χ2v) is 7.28. The summed E-state index contributed by atoms with van der Waals surface area (Å²) in [6.07, 6.45) is -3.08. The van der Waals surface area contributed by atoms with E-state index in [2.05, 4.69) is 15.0 Å². The average Bonchev–Trinajstić information content (AvgIpc) is 2.66. The lowest BCUT2D eigenvalue weighted by Crippen LogP contribution is -2.54. The molecular formula is C19H19F3N6O. The van der Waals surface area contributed by atoms with Gasteiger partial charge in [0.25, 0.3) is 0 Å². The van der Waals surface area contributed by atoms with E-state index in [0.29, 0.717) is 48.6 Å². The van der Waals surface area contributed by atoms with Crippen molar-refractivity contribution in [3.63, 3.8) is 0 Å². The first-order chi connectivity index (χ1) is 13.6. The summed E-state index contributed by atoms with van der Waals surface area (Å²) in [6, 6.07) is 6.97. The molecule has 1 aliphatic rings. The van der Waals surface area contributed by atoms with Gasteiger partial charge in [-0.15, -0.1) is 0 Å². The van der Waals surface area contributed by atoms with Gasteiger partial charge in [0.1, 0.15) is 5.82 Å².